The fraction of sp³-hybridized carbons (Fsp3) is 0.500. The molecular formula is C12H13BrF3NO2. The number of halogens is 4. The standard InChI is InChI=1S/C12H13BrF3NO2/c13-10-5-9(18-7-8-3-4-17-6-8)1-2-11(10)19-12(14,15)16/h1-2,5,8,17H,3-4,6-7H2. The van der Waals surface area contributed by atoms with Crippen molar-refractivity contribution in [1.29, 1.82) is 0 Å². The smallest absolute Gasteiger partial charge is 0.493 e. The van der Waals surface area contributed by atoms with E-state index in [0.29, 0.717) is 18.3 Å². The molecule has 3 nitrogen and oxygen atoms in total. The van der Waals surface area contributed by atoms with Gasteiger partial charge in [0.2, 0.25) is 0 Å². The van der Waals surface area contributed by atoms with Crippen LogP contribution in [0.2, 0.25) is 0 Å². The molecule has 19 heavy (non-hydrogen) atoms. The Bertz CT molecular complexity index is 433. The van der Waals surface area contributed by atoms with Crippen molar-refractivity contribution in [1.82, 2.24) is 5.32 Å². The highest BCUT2D eigenvalue weighted by atomic mass is 79.9. The summed E-state index contributed by atoms with van der Waals surface area (Å²) in [6.45, 7) is 2.45. The van der Waals surface area contributed by atoms with E-state index in [1.807, 2.05) is 0 Å². The number of ether oxygens (including phenoxy) is 2. The Labute approximate surface area is 117 Å². The normalized spacial score (nSPS) is 19.5. The van der Waals surface area contributed by atoms with Gasteiger partial charge in [-0.1, -0.05) is 0 Å². The molecule has 0 radical (unpaired) electrons. The summed E-state index contributed by atoms with van der Waals surface area (Å²) >= 11 is 3.04. The fourth-order valence-corrected chi connectivity index (χ4v) is 2.29. The summed E-state index contributed by atoms with van der Waals surface area (Å²) in [6.07, 6.45) is -3.64. The Morgan fingerprint density at radius 3 is 2.74 bits per heavy atom. The topological polar surface area (TPSA) is 30.5 Å². The molecule has 0 amide bonds. The summed E-state index contributed by atoms with van der Waals surface area (Å²) in [5, 5.41) is 3.22. The first-order valence-electron chi connectivity index (χ1n) is 5.83. The molecule has 1 fully saturated rings. The van der Waals surface area contributed by atoms with Gasteiger partial charge in [-0.25, -0.2) is 0 Å². The first-order valence-corrected chi connectivity index (χ1v) is 6.62. The molecule has 1 atom stereocenters. The van der Waals surface area contributed by atoms with Gasteiger partial charge in [0.1, 0.15) is 11.5 Å². The van der Waals surface area contributed by atoms with Crippen LogP contribution in [0.4, 0.5) is 13.2 Å². The van der Waals surface area contributed by atoms with Crippen molar-refractivity contribution in [2.45, 2.75) is 12.8 Å². The van der Waals surface area contributed by atoms with E-state index >= 15 is 0 Å². The van der Waals surface area contributed by atoms with Crippen LogP contribution in [0.3, 0.4) is 0 Å². The lowest BCUT2D eigenvalue weighted by atomic mass is 10.1. The third-order valence-electron chi connectivity index (χ3n) is 2.78. The van der Waals surface area contributed by atoms with Crippen molar-refractivity contribution in [2.75, 3.05) is 19.7 Å². The minimum atomic E-state index is -4.69. The van der Waals surface area contributed by atoms with Crippen LogP contribution < -0.4 is 14.8 Å². The highest BCUT2D eigenvalue weighted by Crippen LogP contribution is 2.33. The van der Waals surface area contributed by atoms with Crippen molar-refractivity contribution in [2.24, 2.45) is 5.92 Å². The van der Waals surface area contributed by atoms with Gasteiger partial charge < -0.3 is 14.8 Å². The molecule has 1 heterocycles. The van der Waals surface area contributed by atoms with Crippen LogP contribution in [0.15, 0.2) is 22.7 Å². The molecule has 1 aromatic carbocycles. The molecular weight excluding hydrogens is 327 g/mol. The predicted molar refractivity (Wildman–Crippen MR) is 67.3 cm³/mol. The zero-order valence-electron chi connectivity index (χ0n) is 9.97. The predicted octanol–water partition coefficient (Wildman–Crippen LogP) is 3.34. The summed E-state index contributed by atoms with van der Waals surface area (Å²) in [6, 6.07) is 4.18. The van der Waals surface area contributed by atoms with Gasteiger partial charge in [-0.2, -0.15) is 0 Å². The van der Waals surface area contributed by atoms with Crippen LogP contribution in [0.1, 0.15) is 6.42 Å². The van der Waals surface area contributed by atoms with Crippen molar-refractivity contribution >= 4 is 15.9 Å². The molecule has 0 bridgehead atoms. The SMILES string of the molecule is FC(F)(F)Oc1ccc(OCC2CCNC2)cc1Br. The molecule has 1 aliphatic rings. The van der Waals surface area contributed by atoms with Crippen LogP contribution in [-0.4, -0.2) is 26.1 Å². The Balaban J connectivity index is 1.94. The molecule has 1 saturated heterocycles. The van der Waals surface area contributed by atoms with Gasteiger partial charge in [-0.3, -0.25) is 0 Å². The van der Waals surface area contributed by atoms with Crippen molar-refractivity contribution in [3.8, 4) is 11.5 Å². The lowest BCUT2D eigenvalue weighted by Gasteiger charge is -2.13. The Hall–Kier alpha value is -0.950. The maximum atomic E-state index is 12.1. The number of hydrogen-bond acceptors (Lipinski definition) is 3. The van der Waals surface area contributed by atoms with E-state index in [4.69, 9.17) is 4.74 Å². The van der Waals surface area contributed by atoms with Gasteiger partial charge in [0.25, 0.3) is 0 Å². The van der Waals surface area contributed by atoms with Gasteiger partial charge in [-0.15, -0.1) is 13.2 Å². The van der Waals surface area contributed by atoms with Crippen LogP contribution in [0.5, 0.6) is 11.5 Å². The Kier molecular flexibility index (Phi) is 4.57. The summed E-state index contributed by atoms with van der Waals surface area (Å²) < 4.78 is 45.9. The van der Waals surface area contributed by atoms with Crippen LogP contribution >= 0.6 is 15.9 Å². The van der Waals surface area contributed by atoms with E-state index in [0.717, 1.165) is 19.5 Å². The average molecular weight is 340 g/mol. The quantitative estimate of drug-likeness (QED) is 0.912. The van der Waals surface area contributed by atoms with E-state index in [1.165, 1.54) is 18.2 Å². The highest BCUT2D eigenvalue weighted by molar-refractivity contribution is 9.10. The molecule has 1 N–H and O–H groups in total. The second kappa shape index (κ2) is 6.00. The van der Waals surface area contributed by atoms with Crippen LogP contribution in [0, 0.1) is 5.92 Å². The molecule has 0 spiro atoms. The monoisotopic (exact) mass is 339 g/mol. The molecule has 1 unspecified atom stereocenters. The summed E-state index contributed by atoms with van der Waals surface area (Å²) in [7, 11) is 0. The maximum Gasteiger partial charge on any atom is 0.573 e. The lowest BCUT2D eigenvalue weighted by molar-refractivity contribution is -0.274. The largest absolute Gasteiger partial charge is 0.573 e. The Morgan fingerprint density at radius 2 is 2.16 bits per heavy atom. The molecule has 106 valence electrons. The molecule has 2 rings (SSSR count). The molecule has 0 saturated carbocycles. The summed E-state index contributed by atoms with van der Waals surface area (Å²) in [4.78, 5) is 0. The van der Waals surface area contributed by atoms with E-state index in [1.54, 1.807) is 0 Å². The van der Waals surface area contributed by atoms with Crippen molar-refractivity contribution in [3.63, 3.8) is 0 Å². The second-order valence-electron chi connectivity index (χ2n) is 4.31. The van der Waals surface area contributed by atoms with Gasteiger partial charge in [-0.05, 0) is 47.1 Å². The summed E-state index contributed by atoms with van der Waals surface area (Å²) in [5.41, 5.74) is 0. The highest BCUT2D eigenvalue weighted by Gasteiger charge is 2.32. The van der Waals surface area contributed by atoms with Crippen molar-refractivity contribution < 1.29 is 22.6 Å². The third-order valence-corrected chi connectivity index (χ3v) is 3.40. The average Bonchev–Trinajstić information content (AvgIpc) is 2.81. The number of hydrogen-bond donors (Lipinski definition) is 1. The molecule has 0 aromatic heterocycles. The first-order chi connectivity index (χ1) is 8.94. The van der Waals surface area contributed by atoms with E-state index < -0.39 is 6.36 Å². The maximum absolute atomic E-state index is 12.1. The van der Waals surface area contributed by atoms with E-state index in [2.05, 4.69) is 26.0 Å². The minimum Gasteiger partial charge on any atom is -0.493 e. The van der Waals surface area contributed by atoms with Crippen molar-refractivity contribution in [3.05, 3.63) is 22.7 Å². The minimum absolute atomic E-state index is 0.215. The molecule has 1 aliphatic heterocycles. The van der Waals surface area contributed by atoms with Crippen LogP contribution in [-0.2, 0) is 0 Å². The number of alkyl halides is 3. The second-order valence-corrected chi connectivity index (χ2v) is 5.16. The number of rotatable bonds is 4. The first kappa shape index (κ1) is 14.5. The summed E-state index contributed by atoms with van der Waals surface area (Å²) in [5.74, 6) is 0.695. The van der Waals surface area contributed by atoms with Gasteiger partial charge >= 0.3 is 6.36 Å². The Morgan fingerprint density at radius 1 is 1.37 bits per heavy atom. The van der Waals surface area contributed by atoms with Gasteiger partial charge in [0, 0.05) is 12.5 Å². The molecule has 1 aromatic rings. The molecule has 0 aliphatic carbocycles. The lowest BCUT2D eigenvalue weighted by Crippen LogP contribution is -2.17. The van der Waals surface area contributed by atoms with E-state index in [9.17, 15) is 13.2 Å². The van der Waals surface area contributed by atoms with Gasteiger partial charge in [0.05, 0.1) is 11.1 Å². The van der Waals surface area contributed by atoms with Gasteiger partial charge in [0.15, 0.2) is 0 Å². The van der Waals surface area contributed by atoms with E-state index in [-0.39, 0.29) is 10.2 Å². The number of benzene rings is 1. The zero-order valence-corrected chi connectivity index (χ0v) is 11.6. The fourth-order valence-electron chi connectivity index (χ4n) is 1.85. The zero-order chi connectivity index (χ0) is 13.9. The third kappa shape index (κ3) is 4.58. The molecule has 7 heteroatoms. The number of nitrogens with one attached hydrogen (secondary N) is 1. The van der Waals surface area contributed by atoms with Crippen LogP contribution in [0.25, 0.3) is 0 Å².